The van der Waals surface area contributed by atoms with Crippen molar-refractivity contribution in [2.75, 3.05) is 0 Å². The molecule has 1 aromatic carbocycles. The topological polar surface area (TPSA) is 63.3 Å². The second kappa shape index (κ2) is 4.57. The zero-order valence-electron chi connectivity index (χ0n) is 7.83. The van der Waals surface area contributed by atoms with E-state index in [1.807, 2.05) is 6.92 Å². The maximum atomic E-state index is 10.6. The molecule has 0 aromatic heterocycles. The molecule has 14 heavy (non-hydrogen) atoms. The van der Waals surface area contributed by atoms with E-state index in [9.17, 15) is 4.79 Å². The molecule has 1 aromatic rings. The Morgan fingerprint density at radius 1 is 1.64 bits per heavy atom. The molecule has 0 aliphatic carbocycles. The van der Waals surface area contributed by atoms with Gasteiger partial charge in [0.05, 0.1) is 5.56 Å². The van der Waals surface area contributed by atoms with Crippen LogP contribution in [0.4, 0.5) is 0 Å². The predicted molar refractivity (Wildman–Crippen MR) is 58.5 cm³/mol. The summed E-state index contributed by atoms with van der Waals surface area (Å²) in [5, 5.41) is 8.74. The van der Waals surface area contributed by atoms with E-state index >= 15 is 0 Å². The van der Waals surface area contributed by atoms with Crippen molar-refractivity contribution in [3.63, 3.8) is 0 Å². The number of hydrogen-bond acceptors (Lipinski definition) is 2. The third kappa shape index (κ3) is 2.82. The smallest absolute Gasteiger partial charge is 0.335 e. The molecule has 0 fully saturated rings. The molecule has 0 aliphatic heterocycles. The summed E-state index contributed by atoms with van der Waals surface area (Å²) in [6, 6.07) is 5.05. The molecule has 0 spiro atoms. The summed E-state index contributed by atoms with van der Waals surface area (Å²) in [5.41, 5.74) is 6.97. The van der Waals surface area contributed by atoms with Crippen molar-refractivity contribution >= 4 is 21.9 Å². The first-order valence-electron chi connectivity index (χ1n) is 4.28. The number of carboxylic acid groups (broad SMARTS) is 1. The number of benzene rings is 1. The van der Waals surface area contributed by atoms with E-state index in [4.69, 9.17) is 10.8 Å². The first-order valence-corrected chi connectivity index (χ1v) is 5.07. The van der Waals surface area contributed by atoms with Gasteiger partial charge in [-0.1, -0.05) is 22.0 Å². The van der Waals surface area contributed by atoms with Crippen LogP contribution in [0.1, 0.15) is 22.8 Å². The Morgan fingerprint density at radius 3 is 2.71 bits per heavy atom. The van der Waals surface area contributed by atoms with Crippen molar-refractivity contribution in [1.29, 1.82) is 0 Å². The highest BCUT2D eigenvalue weighted by Crippen LogP contribution is 2.19. The molecule has 0 amide bonds. The minimum absolute atomic E-state index is 0.0713. The van der Waals surface area contributed by atoms with E-state index in [0.29, 0.717) is 0 Å². The lowest BCUT2D eigenvalue weighted by Gasteiger charge is -2.07. The van der Waals surface area contributed by atoms with Crippen LogP contribution in [-0.2, 0) is 6.42 Å². The van der Waals surface area contributed by atoms with Crippen molar-refractivity contribution in [2.24, 2.45) is 5.73 Å². The minimum atomic E-state index is -0.918. The molecular weight excluding hydrogens is 246 g/mol. The first-order chi connectivity index (χ1) is 6.50. The van der Waals surface area contributed by atoms with Gasteiger partial charge in [-0.15, -0.1) is 0 Å². The minimum Gasteiger partial charge on any atom is -0.478 e. The molecule has 0 radical (unpaired) electrons. The van der Waals surface area contributed by atoms with Crippen molar-refractivity contribution in [3.8, 4) is 0 Å². The van der Waals surface area contributed by atoms with Gasteiger partial charge in [-0.3, -0.25) is 0 Å². The molecule has 1 atom stereocenters. The number of halogens is 1. The van der Waals surface area contributed by atoms with Gasteiger partial charge in [0.1, 0.15) is 0 Å². The Balaban J connectivity index is 2.95. The summed E-state index contributed by atoms with van der Waals surface area (Å²) in [6.45, 7) is 1.91. The Bertz CT molecular complexity index is 350. The van der Waals surface area contributed by atoms with E-state index in [1.165, 1.54) is 0 Å². The average molecular weight is 258 g/mol. The number of hydrogen-bond donors (Lipinski definition) is 2. The SMILES string of the molecule is CC(N)Cc1ccc(C(=O)O)cc1Br. The second-order valence-electron chi connectivity index (χ2n) is 3.29. The van der Waals surface area contributed by atoms with Crippen LogP contribution in [0.5, 0.6) is 0 Å². The molecule has 3 N–H and O–H groups in total. The Morgan fingerprint density at radius 2 is 2.29 bits per heavy atom. The molecule has 1 rings (SSSR count). The van der Waals surface area contributed by atoms with E-state index in [1.54, 1.807) is 18.2 Å². The quantitative estimate of drug-likeness (QED) is 0.871. The van der Waals surface area contributed by atoms with Crippen molar-refractivity contribution in [1.82, 2.24) is 0 Å². The van der Waals surface area contributed by atoms with Gasteiger partial charge >= 0.3 is 5.97 Å². The number of nitrogens with two attached hydrogens (primary N) is 1. The van der Waals surface area contributed by atoms with Crippen LogP contribution in [-0.4, -0.2) is 17.1 Å². The molecule has 0 aliphatic rings. The molecule has 76 valence electrons. The van der Waals surface area contributed by atoms with Crippen molar-refractivity contribution < 1.29 is 9.90 Å². The maximum Gasteiger partial charge on any atom is 0.335 e. The Kier molecular flexibility index (Phi) is 3.66. The standard InChI is InChI=1S/C10H12BrNO2/c1-6(12)4-7-2-3-8(10(13)14)5-9(7)11/h2-3,5-6H,4,12H2,1H3,(H,13,14). The van der Waals surface area contributed by atoms with Gasteiger partial charge in [0, 0.05) is 10.5 Å². The lowest BCUT2D eigenvalue weighted by Crippen LogP contribution is -2.18. The number of carbonyl (C=O) groups is 1. The van der Waals surface area contributed by atoms with Crippen LogP contribution in [0.2, 0.25) is 0 Å². The average Bonchev–Trinajstić information content (AvgIpc) is 2.07. The van der Waals surface area contributed by atoms with Gasteiger partial charge in [-0.05, 0) is 31.0 Å². The van der Waals surface area contributed by atoms with Crippen LogP contribution >= 0.6 is 15.9 Å². The molecule has 4 heteroatoms. The lowest BCUT2D eigenvalue weighted by atomic mass is 10.1. The first kappa shape index (κ1) is 11.2. The number of rotatable bonds is 3. The molecule has 1 unspecified atom stereocenters. The van der Waals surface area contributed by atoms with E-state index < -0.39 is 5.97 Å². The third-order valence-electron chi connectivity index (χ3n) is 1.84. The van der Waals surface area contributed by atoms with E-state index in [2.05, 4.69) is 15.9 Å². The van der Waals surface area contributed by atoms with Crippen LogP contribution in [0.3, 0.4) is 0 Å². The van der Waals surface area contributed by atoms with Crippen LogP contribution in [0.25, 0.3) is 0 Å². The Hall–Kier alpha value is -0.870. The summed E-state index contributed by atoms with van der Waals surface area (Å²) in [5.74, 6) is -0.918. The van der Waals surface area contributed by atoms with E-state index in [0.717, 1.165) is 16.5 Å². The van der Waals surface area contributed by atoms with Gasteiger partial charge < -0.3 is 10.8 Å². The lowest BCUT2D eigenvalue weighted by molar-refractivity contribution is 0.0697. The molecule has 0 saturated heterocycles. The van der Waals surface area contributed by atoms with Gasteiger partial charge in [-0.2, -0.15) is 0 Å². The van der Waals surface area contributed by atoms with Gasteiger partial charge in [-0.25, -0.2) is 4.79 Å². The van der Waals surface area contributed by atoms with Crippen molar-refractivity contribution in [2.45, 2.75) is 19.4 Å². The van der Waals surface area contributed by atoms with Gasteiger partial charge in [0.2, 0.25) is 0 Å². The maximum absolute atomic E-state index is 10.6. The zero-order chi connectivity index (χ0) is 10.7. The molecule has 0 saturated carbocycles. The summed E-state index contributed by atoms with van der Waals surface area (Å²) in [4.78, 5) is 10.6. The second-order valence-corrected chi connectivity index (χ2v) is 4.15. The van der Waals surface area contributed by atoms with Crippen molar-refractivity contribution in [3.05, 3.63) is 33.8 Å². The summed E-state index contributed by atoms with van der Waals surface area (Å²) < 4.78 is 0.801. The summed E-state index contributed by atoms with van der Waals surface area (Å²) >= 11 is 3.33. The van der Waals surface area contributed by atoms with Gasteiger partial charge in [0.25, 0.3) is 0 Å². The van der Waals surface area contributed by atoms with E-state index in [-0.39, 0.29) is 11.6 Å². The normalized spacial score (nSPS) is 12.5. The highest BCUT2D eigenvalue weighted by molar-refractivity contribution is 9.10. The number of aromatic carboxylic acids is 1. The fourth-order valence-electron chi connectivity index (χ4n) is 1.19. The highest BCUT2D eigenvalue weighted by Gasteiger charge is 2.07. The summed E-state index contributed by atoms with van der Waals surface area (Å²) in [6.07, 6.45) is 0.737. The Labute approximate surface area is 91.1 Å². The molecule has 0 bridgehead atoms. The molecule has 0 heterocycles. The van der Waals surface area contributed by atoms with Crippen LogP contribution < -0.4 is 5.73 Å². The third-order valence-corrected chi connectivity index (χ3v) is 2.58. The molecule has 3 nitrogen and oxygen atoms in total. The van der Waals surface area contributed by atoms with Crippen LogP contribution in [0.15, 0.2) is 22.7 Å². The predicted octanol–water partition coefficient (Wildman–Crippen LogP) is 2.04. The summed E-state index contributed by atoms with van der Waals surface area (Å²) in [7, 11) is 0. The zero-order valence-corrected chi connectivity index (χ0v) is 9.41. The van der Waals surface area contributed by atoms with Crippen LogP contribution in [0, 0.1) is 0 Å². The largest absolute Gasteiger partial charge is 0.478 e. The molecular formula is C10H12BrNO2. The fraction of sp³-hybridized carbons (Fsp3) is 0.300. The fourth-order valence-corrected chi connectivity index (χ4v) is 1.73. The number of carboxylic acids is 1. The monoisotopic (exact) mass is 257 g/mol. The van der Waals surface area contributed by atoms with Gasteiger partial charge in [0.15, 0.2) is 0 Å². The highest BCUT2D eigenvalue weighted by atomic mass is 79.9.